The fourth-order valence-corrected chi connectivity index (χ4v) is 1.17. The number of hydrogen-bond donors (Lipinski definition) is 0. The summed E-state index contributed by atoms with van der Waals surface area (Å²) < 4.78 is 0. The topological polar surface area (TPSA) is 20.6 Å². The van der Waals surface area contributed by atoms with E-state index in [1.54, 1.807) is 0 Å². The van der Waals surface area contributed by atoms with Gasteiger partial charge in [0.05, 0.1) is 0 Å². The van der Waals surface area contributed by atoms with Crippen LogP contribution in [0.3, 0.4) is 0 Å². The zero-order valence-electron chi connectivity index (χ0n) is 10.7. The van der Waals surface area contributed by atoms with Crippen molar-refractivity contribution in [2.24, 2.45) is 0 Å². The van der Waals surface area contributed by atoms with Gasteiger partial charge in [0.25, 0.3) is 0 Å². The Morgan fingerprint density at radius 3 is 2.07 bits per heavy atom. The summed E-state index contributed by atoms with van der Waals surface area (Å²) in [6, 6.07) is 0.613. The van der Waals surface area contributed by atoms with Crippen molar-refractivity contribution in [2.45, 2.75) is 19.4 Å². The molecule has 1 unspecified atom stereocenters. The minimum Gasteiger partial charge on any atom is -0.660 e. The Morgan fingerprint density at radius 2 is 1.71 bits per heavy atom. The monoisotopic (exact) mass is 193 g/mol. The Balaban J connectivity index is 0. The van der Waals surface area contributed by atoms with Gasteiger partial charge in [-0.2, -0.15) is 0 Å². The largest absolute Gasteiger partial charge is 1.00 e. The number of likely N-dealkylation sites (N-methyl/N-ethyl adjacent to an activating group) is 2. The Kier molecular flexibility index (Phi) is 12.1. The Labute approximate surface area is 101 Å². The molecule has 0 amide bonds. The zero-order valence-corrected chi connectivity index (χ0v) is 10.7. The molecule has 0 saturated heterocycles. The van der Waals surface area contributed by atoms with Crippen LogP contribution in [-0.2, 0) is 0 Å². The van der Waals surface area contributed by atoms with Gasteiger partial charge < -0.3 is 15.1 Å². The first-order chi connectivity index (χ1) is 6.07. The average molecular weight is 193 g/mol. The van der Waals surface area contributed by atoms with E-state index in [1.165, 1.54) is 6.42 Å². The quantitative estimate of drug-likeness (QED) is 0.354. The Morgan fingerprint density at radius 1 is 1.14 bits per heavy atom. The van der Waals surface area contributed by atoms with Crippen molar-refractivity contribution in [3.63, 3.8) is 0 Å². The first-order valence-electron chi connectivity index (χ1n) is 5.02. The van der Waals surface area contributed by atoms with Gasteiger partial charge in [-0.15, -0.1) is 13.1 Å². The van der Waals surface area contributed by atoms with Crippen LogP contribution in [0.2, 0.25) is 0 Å². The minimum atomic E-state index is 0. The van der Waals surface area contributed by atoms with Crippen LogP contribution in [0.5, 0.6) is 0 Å². The molecule has 3 nitrogen and oxygen atoms in total. The van der Waals surface area contributed by atoms with Gasteiger partial charge >= 0.3 is 18.9 Å². The van der Waals surface area contributed by atoms with E-state index in [2.05, 4.69) is 50.2 Å². The number of hydrogen-bond acceptors (Lipinski definition) is 2. The molecular formula is C10H24LiN3. The molecule has 0 aliphatic rings. The Hall–Kier alpha value is 0.477. The molecule has 0 rings (SSSR count). The van der Waals surface area contributed by atoms with Crippen LogP contribution < -0.4 is 18.9 Å². The molecule has 4 heteroatoms. The van der Waals surface area contributed by atoms with Crippen LogP contribution in [0, 0.1) is 0 Å². The van der Waals surface area contributed by atoms with Crippen molar-refractivity contribution in [1.29, 1.82) is 0 Å². The fraction of sp³-hybridized carbons (Fsp3) is 1.00. The normalized spacial score (nSPS) is 13.1. The maximum atomic E-state index is 4.52. The Bertz CT molecular complexity index is 118. The van der Waals surface area contributed by atoms with Gasteiger partial charge in [-0.25, -0.2) is 0 Å². The average Bonchev–Trinajstić information content (AvgIpc) is 2.03. The van der Waals surface area contributed by atoms with Crippen LogP contribution >= 0.6 is 0 Å². The predicted octanol–water partition coefficient (Wildman–Crippen LogP) is -1.73. The molecule has 80 valence electrons. The molecule has 1 atom stereocenters. The molecule has 0 aliphatic heterocycles. The molecule has 0 aromatic carbocycles. The maximum absolute atomic E-state index is 4.52. The third-order valence-electron chi connectivity index (χ3n) is 2.25. The van der Waals surface area contributed by atoms with Crippen molar-refractivity contribution in [3.05, 3.63) is 5.32 Å². The van der Waals surface area contributed by atoms with Gasteiger partial charge in [-0.1, -0.05) is 6.92 Å². The summed E-state index contributed by atoms with van der Waals surface area (Å²) in [4.78, 5) is 4.42. The van der Waals surface area contributed by atoms with Gasteiger partial charge in [-0.05, 0) is 47.2 Å². The van der Waals surface area contributed by atoms with Gasteiger partial charge in [0.15, 0.2) is 0 Å². The molecule has 0 saturated carbocycles. The molecule has 0 spiro atoms. The van der Waals surface area contributed by atoms with Crippen molar-refractivity contribution in [1.82, 2.24) is 9.80 Å². The minimum absolute atomic E-state index is 0. The van der Waals surface area contributed by atoms with E-state index in [-0.39, 0.29) is 18.9 Å². The van der Waals surface area contributed by atoms with Crippen molar-refractivity contribution in [2.75, 3.05) is 47.8 Å². The van der Waals surface area contributed by atoms with Crippen molar-refractivity contribution < 1.29 is 18.9 Å². The number of rotatable bonds is 7. The summed E-state index contributed by atoms with van der Waals surface area (Å²) in [6.07, 6.45) is 1.18. The van der Waals surface area contributed by atoms with Crippen LogP contribution in [-0.4, -0.2) is 63.7 Å². The molecule has 0 aromatic rings. The summed E-state index contributed by atoms with van der Waals surface area (Å²) in [5.74, 6) is 0. The van der Waals surface area contributed by atoms with E-state index in [4.69, 9.17) is 0 Å². The second-order valence-corrected chi connectivity index (χ2v) is 3.96. The molecule has 0 fully saturated rings. The molecule has 0 N–H and O–H groups in total. The summed E-state index contributed by atoms with van der Waals surface area (Å²) in [7, 11) is 8.41. The second-order valence-electron chi connectivity index (χ2n) is 3.96. The first kappa shape index (κ1) is 16.9. The van der Waals surface area contributed by atoms with Crippen molar-refractivity contribution in [3.8, 4) is 0 Å². The van der Waals surface area contributed by atoms with Crippen LogP contribution in [0.1, 0.15) is 13.3 Å². The third-order valence-corrected chi connectivity index (χ3v) is 2.25. The summed E-state index contributed by atoms with van der Waals surface area (Å²) in [5, 5.41) is 4.52. The maximum Gasteiger partial charge on any atom is 1.00 e. The predicted molar refractivity (Wildman–Crippen MR) is 59.4 cm³/mol. The molecule has 0 aromatic heterocycles. The van der Waals surface area contributed by atoms with E-state index in [9.17, 15) is 0 Å². The van der Waals surface area contributed by atoms with Gasteiger partial charge in [-0.3, -0.25) is 0 Å². The molecule has 0 bridgehead atoms. The van der Waals surface area contributed by atoms with Gasteiger partial charge in [0.1, 0.15) is 0 Å². The molecule has 0 aliphatic carbocycles. The molecule has 0 radical (unpaired) electrons. The third kappa shape index (κ3) is 9.05. The zero-order chi connectivity index (χ0) is 10.3. The van der Waals surface area contributed by atoms with Gasteiger partial charge in [0, 0.05) is 0 Å². The summed E-state index contributed by atoms with van der Waals surface area (Å²) in [5.41, 5.74) is 0. The number of nitrogens with zero attached hydrogens (tertiary/aromatic N) is 3. The van der Waals surface area contributed by atoms with E-state index < -0.39 is 0 Å². The van der Waals surface area contributed by atoms with E-state index >= 15 is 0 Å². The molecule has 0 heterocycles. The van der Waals surface area contributed by atoms with Crippen molar-refractivity contribution >= 4 is 0 Å². The standard InChI is InChI=1S/C10H24N3.Li/c1-6-10(13(4)5)9-11-7-8-12(2)3;/h10H,6-9H2,1-5H3;/q-1;+1. The van der Waals surface area contributed by atoms with Gasteiger partial charge in [0.2, 0.25) is 0 Å². The van der Waals surface area contributed by atoms with E-state index in [0.717, 1.165) is 19.6 Å². The molecular weight excluding hydrogens is 169 g/mol. The summed E-state index contributed by atoms with van der Waals surface area (Å²) in [6.45, 7) is 5.20. The van der Waals surface area contributed by atoms with Crippen LogP contribution in [0.25, 0.3) is 5.32 Å². The van der Waals surface area contributed by atoms with Crippen LogP contribution in [0.4, 0.5) is 0 Å². The summed E-state index contributed by atoms with van der Waals surface area (Å²) >= 11 is 0. The van der Waals surface area contributed by atoms with E-state index in [1.807, 2.05) is 0 Å². The van der Waals surface area contributed by atoms with E-state index in [0.29, 0.717) is 6.04 Å². The SMILES string of the molecule is CCC(C[N-]CCN(C)C)N(C)C.[Li+]. The molecule has 14 heavy (non-hydrogen) atoms. The smallest absolute Gasteiger partial charge is 0.660 e. The van der Waals surface area contributed by atoms with Crippen LogP contribution in [0.15, 0.2) is 0 Å². The fourth-order valence-electron chi connectivity index (χ4n) is 1.17. The first-order valence-corrected chi connectivity index (χ1v) is 5.02. The second kappa shape index (κ2) is 10.0.